The number of hydrogen-bond donors (Lipinski definition) is 2. The van der Waals surface area contributed by atoms with E-state index >= 15 is 0 Å². The fourth-order valence-electron chi connectivity index (χ4n) is 2.75. The highest BCUT2D eigenvalue weighted by molar-refractivity contribution is 6.30. The first-order valence-electron chi connectivity index (χ1n) is 8.67. The minimum absolute atomic E-state index is 0.0867. The van der Waals surface area contributed by atoms with E-state index in [1.165, 1.54) is 10.5 Å². The number of pyridine rings is 1. The lowest BCUT2D eigenvalue weighted by Gasteiger charge is -2.13. The number of rotatable bonds is 5. The van der Waals surface area contributed by atoms with Crippen LogP contribution in [0, 0.1) is 6.92 Å². The molecule has 2 heterocycles. The van der Waals surface area contributed by atoms with Crippen molar-refractivity contribution in [2.24, 2.45) is 0 Å². The van der Waals surface area contributed by atoms with Gasteiger partial charge >= 0.3 is 0 Å². The largest absolute Gasteiger partial charge is 0.379 e. The van der Waals surface area contributed by atoms with E-state index in [1.54, 1.807) is 24.4 Å². The molecule has 7 heteroatoms. The molecule has 0 bridgehead atoms. The molecular weight excluding hydrogens is 364 g/mol. The number of nitrogens with one attached hydrogen (secondary N) is 2. The number of aryl methyl sites for hydroxylation is 1. The highest BCUT2D eigenvalue weighted by Gasteiger charge is 2.09. The summed E-state index contributed by atoms with van der Waals surface area (Å²) >= 11 is 5.92. The van der Waals surface area contributed by atoms with Crippen LogP contribution >= 0.6 is 11.6 Å². The maximum atomic E-state index is 12.2. The molecular formula is C20H21ClN4O2. The molecule has 3 rings (SSSR count). The summed E-state index contributed by atoms with van der Waals surface area (Å²) in [6.45, 7) is 6.17. The molecule has 6 nitrogen and oxygen atoms in total. The molecule has 2 N–H and O–H groups in total. The van der Waals surface area contributed by atoms with Gasteiger partial charge in [-0.05, 0) is 56.7 Å². The van der Waals surface area contributed by atoms with Crippen molar-refractivity contribution in [2.75, 3.05) is 5.32 Å². The number of aromatic nitrogens is 2. The molecule has 0 radical (unpaired) electrons. The van der Waals surface area contributed by atoms with E-state index in [2.05, 4.69) is 15.6 Å². The van der Waals surface area contributed by atoms with Gasteiger partial charge < -0.3 is 10.6 Å². The smallest absolute Gasteiger partial charge is 0.258 e. The van der Waals surface area contributed by atoms with Gasteiger partial charge in [-0.15, -0.1) is 0 Å². The number of fused-ring (bicyclic) bond motifs is 1. The Morgan fingerprint density at radius 3 is 2.70 bits per heavy atom. The molecule has 0 saturated heterocycles. The number of halogens is 1. The summed E-state index contributed by atoms with van der Waals surface area (Å²) in [5.74, 6) is -0.0949. The molecule has 0 saturated carbocycles. The van der Waals surface area contributed by atoms with E-state index < -0.39 is 0 Å². The Kier molecular flexibility index (Phi) is 5.46. The number of nitrogens with zero attached hydrogens (tertiary/aromatic N) is 2. The Morgan fingerprint density at radius 1 is 1.22 bits per heavy atom. The van der Waals surface area contributed by atoms with Gasteiger partial charge in [0, 0.05) is 29.6 Å². The van der Waals surface area contributed by atoms with Gasteiger partial charge in [0.25, 0.3) is 11.5 Å². The van der Waals surface area contributed by atoms with Gasteiger partial charge in [0.15, 0.2) is 0 Å². The maximum Gasteiger partial charge on any atom is 0.258 e. The second-order valence-electron chi connectivity index (χ2n) is 6.67. The predicted molar refractivity (Wildman–Crippen MR) is 108 cm³/mol. The van der Waals surface area contributed by atoms with Crippen molar-refractivity contribution in [3.8, 4) is 0 Å². The zero-order chi connectivity index (χ0) is 19.6. The molecule has 0 spiro atoms. The van der Waals surface area contributed by atoms with E-state index in [1.807, 2.05) is 32.9 Å². The van der Waals surface area contributed by atoms with E-state index in [0.29, 0.717) is 28.5 Å². The Bertz CT molecular complexity index is 1060. The SMILES string of the molecule is Cc1cc(C(=O)NC(C)C)ccc1NCc1cc(=O)n2cc(Cl)ccc2n1. The van der Waals surface area contributed by atoms with Crippen molar-refractivity contribution in [1.29, 1.82) is 0 Å². The van der Waals surface area contributed by atoms with Gasteiger partial charge in [-0.2, -0.15) is 0 Å². The average molecular weight is 385 g/mol. The van der Waals surface area contributed by atoms with Crippen molar-refractivity contribution in [1.82, 2.24) is 14.7 Å². The van der Waals surface area contributed by atoms with E-state index in [-0.39, 0.29) is 17.5 Å². The molecule has 1 aromatic carbocycles. The molecule has 0 fully saturated rings. The number of hydrogen-bond acceptors (Lipinski definition) is 4. The van der Waals surface area contributed by atoms with Gasteiger partial charge in [-0.3, -0.25) is 14.0 Å². The van der Waals surface area contributed by atoms with Crippen molar-refractivity contribution in [3.05, 3.63) is 74.8 Å². The zero-order valence-electron chi connectivity index (χ0n) is 15.4. The molecule has 0 unspecified atom stereocenters. The maximum absolute atomic E-state index is 12.2. The second-order valence-corrected chi connectivity index (χ2v) is 7.11. The van der Waals surface area contributed by atoms with Crippen LogP contribution in [0.5, 0.6) is 0 Å². The van der Waals surface area contributed by atoms with Crippen LogP contribution < -0.4 is 16.2 Å². The molecule has 2 aromatic heterocycles. The number of benzene rings is 1. The lowest BCUT2D eigenvalue weighted by atomic mass is 10.1. The number of carbonyl (C=O) groups excluding carboxylic acids is 1. The number of anilines is 1. The molecule has 27 heavy (non-hydrogen) atoms. The summed E-state index contributed by atoms with van der Waals surface area (Å²) in [6, 6.07) is 10.5. The monoisotopic (exact) mass is 384 g/mol. The van der Waals surface area contributed by atoms with Crippen LogP contribution in [0.3, 0.4) is 0 Å². The third-order valence-electron chi connectivity index (χ3n) is 4.04. The minimum atomic E-state index is -0.184. The molecule has 1 amide bonds. The number of carbonyl (C=O) groups is 1. The third-order valence-corrected chi connectivity index (χ3v) is 4.27. The van der Waals surface area contributed by atoms with Crippen LogP contribution in [0.2, 0.25) is 5.02 Å². The van der Waals surface area contributed by atoms with Crippen molar-refractivity contribution >= 4 is 28.8 Å². The van der Waals surface area contributed by atoms with Gasteiger partial charge in [-0.25, -0.2) is 4.98 Å². The van der Waals surface area contributed by atoms with Gasteiger partial charge in [0.2, 0.25) is 0 Å². The molecule has 0 atom stereocenters. The normalized spacial score (nSPS) is 11.0. The Hall–Kier alpha value is -2.86. The first-order valence-corrected chi connectivity index (χ1v) is 9.04. The van der Waals surface area contributed by atoms with Crippen LogP contribution in [-0.4, -0.2) is 21.3 Å². The standard InChI is InChI=1S/C20H21ClN4O2/c1-12(2)23-20(27)14-4-6-17(13(3)8-14)22-10-16-9-19(26)25-11-15(21)5-7-18(25)24-16/h4-9,11-12,22H,10H2,1-3H3,(H,23,27). The summed E-state index contributed by atoms with van der Waals surface area (Å²) in [5, 5.41) is 6.63. The molecule has 3 aromatic rings. The van der Waals surface area contributed by atoms with Crippen LogP contribution in [0.15, 0.2) is 47.4 Å². The van der Waals surface area contributed by atoms with Crippen molar-refractivity contribution < 1.29 is 4.79 Å². The first kappa shape index (κ1) is 18.9. The van der Waals surface area contributed by atoms with E-state index in [9.17, 15) is 9.59 Å². The Balaban J connectivity index is 1.77. The Morgan fingerprint density at radius 2 is 2.00 bits per heavy atom. The summed E-state index contributed by atoms with van der Waals surface area (Å²) in [7, 11) is 0. The minimum Gasteiger partial charge on any atom is -0.379 e. The summed E-state index contributed by atoms with van der Waals surface area (Å²) in [6.07, 6.45) is 1.55. The van der Waals surface area contributed by atoms with Crippen LogP contribution in [0.4, 0.5) is 5.69 Å². The van der Waals surface area contributed by atoms with Crippen molar-refractivity contribution in [2.45, 2.75) is 33.4 Å². The highest BCUT2D eigenvalue weighted by atomic mass is 35.5. The van der Waals surface area contributed by atoms with Gasteiger partial charge in [0.05, 0.1) is 17.3 Å². The van der Waals surface area contributed by atoms with Gasteiger partial charge in [0.1, 0.15) is 5.65 Å². The van der Waals surface area contributed by atoms with Crippen LogP contribution in [0.25, 0.3) is 5.65 Å². The van der Waals surface area contributed by atoms with Gasteiger partial charge in [-0.1, -0.05) is 11.6 Å². The van der Waals surface area contributed by atoms with Crippen LogP contribution in [-0.2, 0) is 6.54 Å². The lowest BCUT2D eigenvalue weighted by Crippen LogP contribution is -2.30. The average Bonchev–Trinajstić information content (AvgIpc) is 2.60. The van der Waals surface area contributed by atoms with Crippen LogP contribution in [0.1, 0.15) is 35.5 Å². The van der Waals surface area contributed by atoms with E-state index in [0.717, 1.165) is 11.3 Å². The topological polar surface area (TPSA) is 75.5 Å². The summed E-state index contributed by atoms with van der Waals surface area (Å²) < 4.78 is 1.42. The Labute approximate surface area is 162 Å². The molecule has 0 aliphatic heterocycles. The van der Waals surface area contributed by atoms with Crippen molar-refractivity contribution in [3.63, 3.8) is 0 Å². The van der Waals surface area contributed by atoms with E-state index in [4.69, 9.17) is 11.6 Å². The summed E-state index contributed by atoms with van der Waals surface area (Å²) in [5.41, 5.74) is 3.43. The quantitative estimate of drug-likeness (QED) is 0.706. The second kappa shape index (κ2) is 7.80. The fourth-order valence-corrected chi connectivity index (χ4v) is 2.91. The molecule has 0 aliphatic rings. The summed E-state index contributed by atoms with van der Waals surface area (Å²) in [4.78, 5) is 28.8. The molecule has 0 aliphatic carbocycles. The number of amides is 1. The highest BCUT2D eigenvalue weighted by Crippen LogP contribution is 2.17. The predicted octanol–water partition coefficient (Wildman–Crippen LogP) is 3.41. The lowest BCUT2D eigenvalue weighted by molar-refractivity contribution is 0.0943. The fraction of sp³-hybridized carbons (Fsp3) is 0.250. The molecule has 140 valence electrons. The first-order chi connectivity index (χ1) is 12.8. The third kappa shape index (κ3) is 4.46. The zero-order valence-corrected chi connectivity index (χ0v) is 16.2.